The summed E-state index contributed by atoms with van der Waals surface area (Å²) in [6.45, 7) is 4.61. The zero-order valence-corrected chi connectivity index (χ0v) is 13.4. The lowest BCUT2D eigenvalue weighted by Gasteiger charge is -2.27. The van der Waals surface area contributed by atoms with Crippen LogP contribution in [0.5, 0.6) is 5.75 Å². The third kappa shape index (κ3) is 3.81. The molecule has 2 rings (SSSR count). The smallest absolute Gasteiger partial charge is 0.263 e. The monoisotopic (exact) mass is 315 g/mol. The number of hydrogen-bond acceptors (Lipinski definition) is 4. The highest BCUT2D eigenvalue weighted by atomic mass is 16.5. The second-order valence-electron chi connectivity index (χ2n) is 6.06. The topological polar surface area (TPSA) is 96.4 Å². The fraction of sp³-hybridized carbons (Fsp3) is 0.471. The summed E-state index contributed by atoms with van der Waals surface area (Å²) in [6, 6.07) is 8.89. The average Bonchev–Trinajstić information content (AvgIpc) is 3.02. The second-order valence-corrected chi connectivity index (χ2v) is 6.06. The van der Waals surface area contributed by atoms with E-state index in [4.69, 9.17) is 15.7 Å². The molecule has 0 radical (unpaired) electrons. The van der Waals surface area contributed by atoms with Gasteiger partial charge in [0.25, 0.3) is 5.91 Å². The normalized spacial score (nSPS) is 18.5. The zero-order chi connectivity index (χ0) is 17.0. The number of ether oxygens (including phenoxy) is 1. The lowest BCUT2D eigenvalue weighted by Crippen LogP contribution is -2.44. The standard InChI is InChI=1S/C17H21N3O3/c1-11(2)15(23-14-6-4-3-5-12(14)9-18)17(22)20-8-7-13(10-20)16(19)21/h3-6,11,13,15H,7-8,10H2,1-2H3,(H2,19,21)/t13-,15-/m1/s1. The summed E-state index contributed by atoms with van der Waals surface area (Å²) in [5.74, 6) is -0.513. The van der Waals surface area contributed by atoms with Gasteiger partial charge in [0.2, 0.25) is 5.91 Å². The van der Waals surface area contributed by atoms with E-state index in [2.05, 4.69) is 6.07 Å². The molecule has 0 aliphatic carbocycles. The van der Waals surface area contributed by atoms with Gasteiger partial charge in [-0.15, -0.1) is 0 Å². The Morgan fingerprint density at radius 2 is 2.09 bits per heavy atom. The van der Waals surface area contributed by atoms with E-state index in [1.54, 1.807) is 29.2 Å². The molecule has 1 aromatic carbocycles. The first-order valence-electron chi connectivity index (χ1n) is 7.68. The third-order valence-electron chi connectivity index (χ3n) is 4.01. The molecule has 1 aromatic rings. The van der Waals surface area contributed by atoms with Crippen molar-refractivity contribution in [3.63, 3.8) is 0 Å². The van der Waals surface area contributed by atoms with Crippen molar-refractivity contribution in [2.45, 2.75) is 26.4 Å². The average molecular weight is 315 g/mol. The number of nitrogens with zero attached hydrogens (tertiary/aromatic N) is 2. The molecule has 0 spiro atoms. The molecule has 2 amide bonds. The molecule has 2 atom stereocenters. The molecule has 6 heteroatoms. The van der Waals surface area contributed by atoms with Gasteiger partial charge >= 0.3 is 0 Å². The molecule has 1 aliphatic rings. The van der Waals surface area contributed by atoms with Crippen LogP contribution >= 0.6 is 0 Å². The van der Waals surface area contributed by atoms with Crippen molar-refractivity contribution in [1.82, 2.24) is 4.90 Å². The SMILES string of the molecule is CC(C)[C@@H](Oc1ccccc1C#N)C(=O)N1CC[C@@H](C(N)=O)C1. The maximum atomic E-state index is 12.7. The van der Waals surface area contributed by atoms with E-state index >= 15 is 0 Å². The van der Waals surface area contributed by atoms with Gasteiger partial charge in [0.05, 0.1) is 11.5 Å². The molecule has 0 aromatic heterocycles. The van der Waals surface area contributed by atoms with Crippen LogP contribution in [-0.2, 0) is 9.59 Å². The Labute approximate surface area is 135 Å². The van der Waals surface area contributed by atoms with Crippen LogP contribution in [-0.4, -0.2) is 35.9 Å². The van der Waals surface area contributed by atoms with Gasteiger partial charge in [0, 0.05) is 13.1 Å². The van der Waals surface area contributed by atoms with E-state index in [-0.39, 0.29) is 23.7 Å². The highest BCUT2D eigenvalue weighted by Gasteiger charge is 2.35. The maximum absolute atomic E-state index is 12.7. The highest BCUT2D eigenvalue weighted by Crippen LogP contribution is 2.24. The van der Waals surface area contributed by atoms with Crippen molar-refractivity contribution in [3.05, 3.63) is 29.8 Å². The Kier molecular flexibility index (Phi) is 5.22. The van der Waals surface area contributed by atoms with Crippen LogP contribution in [0.25, 0.3) is 0 Å². The van der Waals surface area contributed by atoms with Crippen LogP contribution in [0.2, 0.25) is 0 Å². The number of benzene rings is 1. The van der Waals surface area contributed by atoms with Gasteiger partial charge in [-0.25, -0.2) is 0 Å². The summed E-state index contributed by atoms with van der Waals surface area (Å²) in [5, 5.41) is 9.14. The number of para-hydroxylation sites is 1. The molecule has 2 N–H and O–H groups in total. The minimum absolute atomic E-state index is 0.0677. The zero-order valence-electron chi connectivity index (χ0n) is 13.4. The Balaban J connectivity index is 2.14. The summed E-state index contributed by atoms with van der Waals surface area (Å²) in [6.07, 6.45) is -0.114. The minimum Gasteiger partial charge on any atom is -0.479 e. The predicted octanol–water partition coefficient (Wildman–Crippen LogP) is 1.30. The number of rotatable bonds is 5. The summed E-state index contributed by atoms with van der Waals surface area (Å²) in [5.41, 5.74) is 5.70. The molecule has 0 saturated carbocycles. The van der Waals surface area contributed by atoms with Crippen molar-refractivity contribution in [2.75, 3.05) is 13.1 Å². The molecule has 0 unspecified atom stereocenters. The summed E-state index contributed by atoms with van der Waals surface area (Å²) in [7, 11) is 0. The number of primary amides is 1. The van der Waals surface area contributed by atoms with Gasteiger partial charge < -0.3 is 15.4 Å². The molecule has 1 fully saturated rings. The molecule has 23 heavy (non-hydrogen) atoms. The lowest BCUT2D eigenvalue weighted by atomic mass is 10.1. The molecular weight excluding hydrogens is 294 g/mol. The predicted molar refractivity (Wildman–Crippen MR) is 84.3 cm³/mol. The van der Waals surface area contributed by atoms with Crippen LogP contribution in [0, 0.1) is 23.2 Å². The third-order valence-corrected chi connectivity index (χ3v) is 4.01. The van der Waals surface area contributed by atoms with E-state index in [1.807, 2.05) is 13.8 Å². The van der Waals surface area contributed by atoms with Crippen LogP contribution < -0.4 is 10.5 Å². The summed E-state index contributed by atoms with van der Waals surface area (Å²) < 4.78 is 5.84. The molecule has 1 aliphatic heterocycles. The quantitative estimate of drug-likeness (QED) is 0.885. The summed E-state index contributed by atoms with van der Waals surface area (Å²) >= 11 is 0. The number of nitriles is 1. The van der Waals surface area contributed by atoms with E-state index in [9.17, 15) is 9.59 Å². The number of amides is 2. The molecule has 0 bridgehead atoms. The van der Waals surface area contributed by atoms with Crippen molar-refractivity contribution in [2.24, 2.45) is 17.6 Å². The Morgan fingerprint density at radius 1 is 1.39 bits per heavy atom. The van der Waals surface area contributed by atoms with Gasteiger partial charge in [-0.2, -0.15) is 5.26 Å². The van der Waals surface area contributed by atoms with Crippen molar-refractivity contribution >= 4 is 11.8 Å². The fourth-order valence-corrected chi connectivity index (χ4v) is 2.64. The highest BCUT2D eigenvalue weighted by molar-refractivity contribution is 5.84. The van der Waals surface area contributed by atoms with E-state index in [0.29, 0.717) is 30.8 Å². The Morgan fingerprint density at radius 3 is 2.65 bits per heavy atom. The first kappa shape index (κ1) is 16.8. The number of hydrogen-bond donors (Lipinski definition) is 1. The van der Waals surface area contributed by atoms with Crippen molar-refractivity contribution in [3.8, 4) is 11.8 Å². The molecular formula is C17H21N3O3. The van der Waals surface area contributed by atoms with Gasteiger partial charge in [0.15, 0.2) is 6.10 Å². The Bertz CT molecular complexity index is 636. The fourth-order valence-electron chi connectivity index (χ4n) is 2.64. The van der Waals surface area contributed by atoms with Crippen LogP contribution in [0.15, 0.2) is 24.3 Å². The largest absolute Gasteiger partial charge is 0.479 e. The Hall–Kier alpha value is -2.55. The van der Waals surface area contributed by atoms with Crippen LogP contribution in [0.1, 0.15) is 25.8 Å². The first-order valence-corrected chi connectivity index (χ1v) is 7.68. The van der Waals surface area contributed by atoms with Crippen molar-refractivity contribution < 1.29 is 14.3 Å². The van der Waals surface area contributed by atoms with Crippen molar-refractivity contribution in [1.29, 1.82) is 5.26 Å². The van der Waals surface area contributed by atoms with Crippen LogP contribution in [0.4, 0.5) is 0 Å². The molecule has 6 nitrogen and oxygen atoms in total. The van der Waals surface area contributed by atoms with Gasteiger partial charge in [-0.05, 0) is 24.5 Å². The van der Waals surface area contributed by atoms with E-state index in [1.165, 1.54) is 0 Å². The molecule has 1 saturated heterocycles. The number of nitrogens with two attached hydrogens (primary N) is 1. The lowest BCUT2D eigenvalue weighted by molar-refractivity contribution is -0.139. The number of likely N-dealkylation sites (tertiary alicyclic amines) is 1. The van der Waals surface area contributed by atoms with Gasteiger partial charge in [-0.1, -0.05) is 26.0 Å². The molecule has 1 heterocycles. The van der Waals surface area contributed by atoms with E-state index in [0.717, 1.165) is 0 Å². The maximum Gasteiger partial charge on any atom is 0.263 e. The number of carbonyl (C=O) groups excluding carboxylic acids is 2. The minimum atomic E-state index is -0.698. The number of carbonyl (C=O) groups is 2. The van der Waals surface area contributed by atoms with Crippen LogP contribution in [0.3, 0.4) is 0 Å². The molecule has 122 valence electrons. The van der Waals surface area contributed by atoms with Gasteiger partial charge in [-0.3, -0.25) is 9.59 Å². The van der Waals surface area contributed by atoms with E-state index < -0.39 is 6.10 Å². The first-order chi connectivity index (χ1) is 10.9. The summed E-state index contributed by atoms with van der Waals surface area (Å²) in [4.78, 5) is 25.6. The van der Waals surface area contributed by atoms with Gasteiger partial charge in [0.1, 0.15) is 11.8 Å². The second kappa shape index (κ2) is 7.14.